The van der Waals surface area contributed by atoms with Crippen LogP contribution in [-0.4, -0.2) is 57.7 Å². The summed E-state index contributed by atoms with van der Waals surface area (Å²) in [7, 11) is 3.16. The van der Waals surface area contributed by atoms with Gasteiger partial charge in [0.1, 0.15) is 11.6 Å². The maximum Gasteiger partial charge on any atom is 0.417 e. The number of hydrogen-bond acceptors (Lipinski definition) is 5. The summed E-state index contributed by atoms with van der Waals surface area (Å²) < 4.78 is 74.3. The molecule has 1 unspecified atom stereocenters. The minimum atomic E-state index is -4.53. The molecule has 1 aliphatic rings. The van der Waals surface area contributed by atoms with E-state index >= 15 is 0 Å². The van der Waals surface area contributed by atoms with Gasteiger partial charge in [0.15, 0.2) is 5.69 Å². The van der Waals surface area contributed by atoms with Crippen molar-refractivity contribution < 1.29 is 31.5 Å². The minimum absolute atomic E-state index is 0.0199. The van der Waals surface area contributed by atoms with E-state index in [0.717, 1.165) is 17.0 Å². The van der Waals surface area contributed by atoms with Gasteiger partial charge in [0.25, 0.3) is 11.8 Å². The average Bonchev–Trinajstić information content (AvgIpc) is 3.23. The van der Waals surface area contributed by atoms with Crippen molar-refractivity contribution in [2.24, 2.45) is 13.0 Å². The van der Waals surface area contributed by atoms with Crippen molar-refractivity contribution in [3.8, 4) is 16.9 Å². The van der Waals surface area contributed by atoms with Crippen LogP contribution in [0.3, 0.4) is 0 Å². The summed E-state index contributed by atoms with van der Waals surface area (Å²) in [4.78, 5) is 18.5. The van der Waals surface area contributed by atoms with E-state index in [9.17, 15) is 26.7 Å². The molecule has 1 saturated heterocycles. The normalized spacial score (nSPS) is 19.5. The third-order valence-corrected chi connectivity index (χ3v) is 6.36. The Morgan fingerprint density at radius 2 is 1.89 bits per heavy atom. The lowest BCUT2D eigenvalue weighted by molar-refractivity contribution is -0.137. The SMILES string of the molecule is COc1ccc(-c2cn(C)nc2C(=O)N2CC(F)(F)C[C@@H](C)C2CNc2ccc(C(F)(F)F)cn2)cc1. The van der Waals surface area contributed by atoms with E-state index in [-0.39, 0.29) is 18.1 Å². The first-order valence-corrected chi connectivity index (χ1v) is 11.5. The quantitative estimate of drug-likeness (QED) is 0.455. The largest absolute Gasteiger partial charge is 0.497 e. The number of rotatable bonds is 6. The summed E-state index contributed by atoms with van der Waals surface area (Å²) in [6.07, 6.45) is -2.63. The Balaban J connectivity index is 1.60. The molecule has 4 rings (SSSR count). The number of halogens is 5. The lowest BCUT2D eigenvalue weighted by atomic mass is 9.88. The molecule has 12 heteroatoms. The highest BCUT2D eigenvalue weighted by atomic mass is 19.4. The Morgan fingerprint density at radius 3 is 2.49 bits per heavy atom. The Kier molecular flexibility index (Phi) is 7.11. The first-order valence-electron chi connectivity index (χ1n) is 11.5. The molecule has 198 valence electrons. The molecule has 1 N–H and O–H groups in total. The van der Waals surface area contributed by atoms with Crippen LogP contribution >= 0.6 is 0 Å². The van der Waals surface area contributed by atoms with Crippen LogP contribution in [0.25, 0.3) is 11.1 Å². The van der Waals surface area contributed by atoms with Crippen molar-refractivity contribution in [2.45, 2.75) is 31.5 Å². The lowest BCUT2D eigenvalue weighted by Crippen LogP contribution is -2.57. The van der Waals surface area contributed by atoms with Crippen molar-refractivity contribution in [1.29, 1.82) is 0 Å². The standard InChI is InChI=1S/C25H26F5N5O2/c1-15-10-24(26,27)14-35(20(15)12-32-21-9-6-17(11-31-21)25(28,29)30)23(36)22-19(13-34(2)33-22)16-4-7-18(37-3)8-5-16/h4-9,11,13,15,20H,10,12,14H2,1-3H3,(H,31,32)/t15-,20?/m1/s1. The molecule has 2 aromatic heterocycles. The summed E-state index contributed by atoms with van der Waals surface area (Å²) >= 11 is 0. The third kappa shape index (κ3) is 5.83. The second-order valence-corrected chi connectivity index (χ2v) is 9.14. The van der Waals surface area contributed by atoms with E-state index in [0.29, 0.717) is 23.1 Å². The molecule has 1 fully saturated rings. The van der Waals surface area contributed by atoms with Gasteiger partial charge in [-0.3, -0.25) is 9.48 Å². The Labute approximate surface area is 210 Å². The minimum Gasteiger partial charge on any atom is -0.497 e. The Hall–Kier alpha value is -3.70. The maximum atomic E-state index is 14.6. The number of amides is 1. The fourth-order valence-corrected chi connectivity index (χ4v) is 4.52. The maximum absolute atomic E-state index is 14.6. The number of aryl methyl sites for hydroxylation is 1. The van der Waals surface area contributed by atoms with Crippen LogP contribution in [0.2, 0.25) is 0 Å². The van der Waals surface area contributed by atoms with E-state index in [1.54, 1.807) is 44.4 Å². The fourth-order valence-electron chi connectivity index (χ4n) is 4.52. The molecule has 37 heavy (non-hydrogen) atoms. The fraction of sp³-hybridized carbons (Fsp3) is 0.400. The number of alkyl halides is 5. The van der Waals surface area contributed by atoms with Crippen LogP contribution in [0.5, 0.6) is 5.75 Å². The number of methoxy groups -OCH3 is 1. The zero-order chi connectivity index (χ0) is 27.0. The van der Waals surface area contributed by atoms with Crippen LogP contribution in [0.1, 0.15) is 29.4 Å². The van der Waals surface area contributed by atoms with E-state index < -0.39 is 48.5 Å². The molecule has 3 aromatic rings. The topological polar surface area (TPSA) is 72.3 Å². The van der Waals surface area contributed by atoms with E-state index in [1.165, 1.54) is 11.8 Å². The molecule has 0 spiro atoms. The number of carbonyl (C=O) groups excluding carboxylic acids is 1. The Bertz CT molecular complexity index is 1240. The van der Waals surface area contributed by atoms with Gasteiger partial charge in [-0.05, 0) is 35.7 Å². The number of nitrogens with one attached hydrogen (secondary N) is 1. The van der Waals surface area contributed by atoms with Crippen LogP contribution in [0, 0.1) is 5.92 Å². The van der Waals surface area contributed by atoms with Gasteiger partial charge in [-0.15, -0.1) is 0 Å². The van der Waals surface area contributed by atoms with E-state index in [1.807, 2.05) is 0 Å². The van der Waals surface area contributed by atoms with Crippen molar-refractivity contribution >= 4 is 11.7 Å². The predicted octanol–water partition coefficient (Wildman–Crippen LogP) is 5.11. The van der Waals surface area contributed by atoms with Gasteiger partial charge >= 0.3 is 6.18 Å². The lowest BCUT2D eigenvalue weighted by Gasteiger charge is -2.43. The van der Waals surface area contributed by atoms with Gasteiger partial charge < -0.3 is 15.0 Å². The molecule has 7 nitrogen and oxygen atoms in total. The van der Waals surface area contributed by atoms with Gasteiger partial charge in [-0.25, -0.2) is 13.8 Å². The smallest absolute Gasteiger partial charge is 0.417 e. The highest BCUT2D eigenvalue weighted by molar-refractivity contribution is 5.99. The zero-order valence-corrected chi connectivity index (χ0v) is 20.4. The first kappa shape index (κ1) is 26.4. The number of nitrogens with zero attached hydrogens (tertiary/aromatic N) is 4. The molecule has 0 aliphatic carbocycles. The highest BCUT2D eigenvalue weighted by Gasteiger charge is 2.46. The van der Waals surface area contributed by atoms with Crippen LogP contribution in [-0.2, 0) is 13.2 Å². The van der Waals surface area contributed by atoms with E-state index in [4.69, 9.17) is 4.74 Å². The number of hydrogen-bond donors (Lipinski definition) is 1. The molecule has 0 saturated carbocycles. The zero-order valence-electron chi connectivity index (χ0n) is 20.4. The summed E-state index contributed by atoms with van der Waals surface area (Å²) in [6, 6.07) is 8.30. The summed E-state index contributed by atoms with van der Waals surface area (Å²) in [6.45, 7) is 0.830. The summed E-state index contributed by atoms with van der Waals surface area (Å²) in [5, 5.41) is 7.17. The number of benzene rings is 1. The van der Waals surface area contributed by atoms with Crippen molar-refractivity contribution in [3.63, 3.8) is 0 Å². The van der Waals surface area contributed by atoms with E-state index in [2.05, 4.69) is 15.4 Å². The number of anilines is 1. The number of carbonyl (C=O) groups is 1. The molecule has 2 atom stereocenters. The number of ether oxygens (including phenoxy) is 1. The van der Waals surface area contributed by atoms with Crippen LogP contribution in [0.15, 0.2) is 48.8 Å². The molecular weight excluding hydrogens is 497 g/mol. The predicted molar refractivity (Wildman–Crippen MR) is 126 cm³/mol. The Morgan fingerprint density at radius 1 is 1.19 bits per heavy atom. The average molecular weight is 524 g/mol. The number of piperidine rings is 1. The van der Waals surface area contributed by atoms with Crippen molar-refractivity contribution in [3.05, 3.63) is 60.0 Å². The molecule has 1 amide bonds. The monoisotopic (exact) mass is 523 g/mol. The van der Waals surface area contributed by atoms with Gasteiger partial charge in [0, 0.05) is 38.0 Å². The third-order valence-electron chi connectivity index (χ3n) is 6.36. The molecule has 1 aliphatic heterocycles. The number of aromatic nitrogens is 3. The molecule has 3 heterocycles. The second-order valence-electron chi connectivity index (χ2n) is 9.14. The van der Waals surface area contributed by atoms with Crippen molar-refractivity contribution in [1.82, 2.24) is 19.7 Å². The van der Waals surface area contributed by atoms with Crippen LogP contribution < -0.4 is 10.1 Å². The first-order chi connectivity index (χ1) is 17.4. The van der Waals surface area contributed by atoms with Crippen LogP contribution in [0.4, 0.5) is 27.8 Å². The number of pyridine rings is 1. The van der Waals surface area contributed by atoms with Gasteiger partial charge in [-0.1, -0.05) is 19.1 Å². The van der Waals surface area contributed by atoms with Crippen molar-refractivity contribution in [2.75, 3.05) is 25.5 Å². The highest BCUT2D eigenvalue weighted by Crippen LogP contribution is 2.36. The summed E-state index contributed by atoms with van der Waals surface area (Å²) in [5.74, 6) is -3.62. The second kappa shape index (κ2) is 9.98. The molecular formula is C25H26F5N5O2. The molecule has 0 bridgehead atoms. The van der Waals surface area contributed by atoms with Gasteiger partial charge in [0.05, 0.1) is 25.3 Å². The molecule has 1 aromatic carbocycles. The van der Waals surface area contributed by atoms with Gasteiger partial charge in [0.2, 0.25) is 0 Å². The molecule has 0 radical (unpaired) electrons. The summed E-state index contributed by atoms with van der Waals surface area (Å²) in [5.41, 5.74) is 0.266. The van der Waals surface area contributed by atoms with Gasteiger partial charge in [-0.2, -0.15) is 18.3 Å². The number of likely N-dealkylation sites (tertiary alicyclic amines) is 1.